The van der Waals surface area contributed by atoms with Crippen molar-refractivity contribution in [3.8, 4) is 50.9 Å². The predicted octanol–water partition coefficient (Wildman–Crippen LogP) is 4.70. The molecule has 2 heterocycles. The van der Waals surface area contributed by atoms with Crippen LogP contribution in [0.25, 0.3) is 71.7 Å². The normalized spacial score (nSPS) is 12.2. The Morgan fingerprint density at radius 1 is 0.552 bits per heavy atom. The van der Waals surface area contributed by atoms with Crippen molar-refractivity contribution in [2.45, 2.75) is 6.54 Å². The Hall–Kier alpha value is -8.04. The zero-order valence-electron chi connectivity index (χ0n) is 35.6. The molecule has 9 nitrogen and oxygen atoms in total. The second-order valence-electron chi connectivity index (χ2n) is 16.0. The van der Waals surface area contributed by atoms with Gasteiger partial charge in [0.15, 0.2) is 11.7 Å². The van der Waals surface area contributed by atoms with Gasteiger partial charge in [0.05, 0.1) is 33.9 Å². The zero-order valence-corrected chi connectivity index (χ0v) is 35.6. The van der Waals surface area contributed by atoms with E-state index in [1.807, 2.05) is 109 Å². The third kappa shape index (κ3) is 7.09. The van der Waals surface area contributed by atoms with Gasteiger partial charge in [-0.3, -0.25) is 4.99 Å². The van der Waals surface area contributed by atoms with Crippen LogP contribution in [0.4, 0.5) is 0 Å². The van der Waals surface area contributed by atoms with Crippen molar-refractivity contribution in [1.82, 2.24) is 4.57 Å². The van der Waals surface area contributed by atoms with Crippen LogP contribution in [-0.2, 0) is 6.54 Å². The largest absolute Gasteiger partial charge is 0.509 e. The Morgan fingerprint density at radius 2 is 1.18 bits per heavy atom. The van der Waals surface area contributed by atoms with Crippen molar-refractivity contribution >= 4 is 142 Å². The van der Waals surface area contributed by atoms with E-state index in [0.29, 0.717) is 40.6 Å². The van der Waals surface area contributed by atoms with Crippen molar-refractivity contribution in [3.63, 3.8) is 0 Å². The SMILES string of the molecule is [B]c1cc([B])c(-c2c(O)c([B])c3c(c2O)c2c(O)c([B])c(O)c([B])c2n3-c2ccc(-c3ccc4oc5cccc(C(N=C)=NC(=NCc6ccccc6)c6ccccc6)c5c4c3)cc2)c([B])c1. The highest BCUT2D eigenvalue weighted by Gasteiger charge is 2.29. The summed E-state index contributed by atoms with van der Waals surface area (Å²) in [5.74, 6) is -1.40. The molecule has 4 N–H and O–H groups in total. The summed E-state index contributed by atoms with van der Waals surface area (Å²) in [6.07, 6.45) is 0. The molecule has 2 aromatic heterocycles. The average Bonchev–Trinajstić information content (AvgIpc) is 3.90. The zero-order chi connectivity index (χ0) is 46.8. The first-order valence-corrected chi connectivity index (χ1v) is 20.9. The molecule has 8 aromatic carbocycles. The van der Waals surface area contributed by atoms with Gasteiger partial charge in [0, 0.05) is 27.6 Å². The third-order valence-corrected chi connectivity index (χ3v) is 12.0. The monoisotopic (exact) mass is 856 g/mol. The summed E-state index contributed by atoms with van der Waals surface area (Å²) < 4.78 is 7.88. The molecular formula is C52H30B6N4O5. The van der Waals surface area contributed by atoms with Crippen LogP contribution in [-0.4, -0.2) is 90.5 Å². The summed E-state index contributed by atoms with van der Waals surface area (Å²) in [5.41, 5.74) is 5.32. The van der Waals surface area contributed by atoms with Gasteiger partial charge in [-0.1, -0.05) is 120 Å². The van der Waals surface area contributed by atoms with Gasteiger partial charge in [-0.25, -0.2) is 9.98 Å². The second-order valence-corrected chi connectivity index (χ2v) is 16.0. The van der Waals surface area contributed by atoms with E-state index in [0.717, 1.165) is 33.0 Å². The molecule has 0 bridgehead atoms. The lowest BCUT2D eigenvalue weighted by molar-refractivity contribution is 0.459. The number of hydrogen-bond acceptors (Lipinski definition) is 6. The van der Waals surface area contributed by atoms with Gasteiger partial charge in [0.1, 0.15) is 81.2 Å². The molecule has 67 heavy (non-hydrogen) atoms. The topological polar surface area (TPSA) is 136 Å². The molecule has 10 aromatic rings. The first-order valence-electron chi connectivity index (χ1n) is 20.9. The number of rotatable bonds is 7. The first-order chi connectivity index (χ1) is 32.4. The molecule has 0 saturated carbocycles. The number of aliphatic imine (C=N–C) groups is 3. The van der Waals surface area contributed by atoms with Crippen LogP contribution in [0.5, 0.6) is 23.0 Å². The molecule has 0 saturated heterocycles. The minimum absolute atomic E-state index is 0.0423. The molecule has 0 fully saturated rings. The van der Waals surface area contributed by atoms with Gasteiger partial charge >= 0.3 is 0 Å². The van der Waals surface area contributed by atoms with Crippen LogP contribution in [0.3, 0.4) is 0 Å². The number of furan rings is 1. The van der Waals surface area contributed by atoms with Crippen LogP contribution >= 0.6 is 0 Å². The number of aromatic hydroxyl groups is 4. The number of phenolic OH excluding ortho intramolecular Hbond substituents is 4. The van der Waals surface area contributed by atoms with Crippen LogP contribution in [0.15, 0.2) is 153 Å². The van der Waals surface area contributed by atoms with E-state index in [4.69, 9.17) is 61.5 Å². The average molecular weight is 856 g/mol. The Labute approximate surface area is 392 Å². The van der Waals surface area contributed by atoms with Crippen molar-refractivity contribution in [3.05, 3.63) is 150 Å². The fraction of sp³-hybridized carbons (Fsp3) is 0.0192. The summed E-state index contributed by atoms with van der Waals surface area (Å²) in [6, 6.07) is 41.3. The lowest BCUT2D eigenvalue weighted by Crippen LogP contribution is -2.27. The van der Waals surface area contributed by atoms with Crippen LogP contribution in [0.1, 0.15) is 16.7 Å². The van der Waals surface area contributed by atoms with E-state index in [9.17, 15) is 20.4 Å². The lowest BCUT2D eigenvalue weighted by Gasteiger charge is -2.19. The van der Waals surface area contributed by atoms with Crippen molar-refractivity contribution in [2.75, 3.05) is 0 Å². The molecular weight excluding hydrogens is 825 g/mol. The van der Waals surface area contributed by atoms with E-state index < -0.39 is 28.5 Å². The van der Waals surface area contributed by atoms with Crippen LogP contribution in [0, 0.1) is 0 Å². The maximum atomic E-state index is 12.1. The molecule has 0 aliphatic rings. The smallest absolute Gasteiger partial charge is 0.161 e. The molecule has 0 aliphatic heterocycles. The minimum atomic E-state index is -0.587. The molecule has 0 amide bonds. The fourth-order valence-corrected chi connectivity index (χ4v) is 8.83. The maximum absolute atomic E-state index is 12.1. The van der Waals surface area contributed by atoms with Crippen molar-refractivity contribution < 1.29 is 24.8 Å². The first kappa shape index (κ1) is 42.9. The van der Waals surface area contributed by atoms with E-state index in [2.05, 4.69) is 11.7 Å². The quantitative estimate of drug-likeness (QED) is 0.105. The summed E-state index contributed by atoms with van der Waals surface area (Å²) in [5, 5.41) is 47.8. The van der Waals surface area contributed by atoms with Crippen LogP contribution < -0.4 is 32.8 Å². The molecule has 306 valence electrons. The van der Waals surface area contributed by atoms with E-state index in [1.165, 1.54) is 16.7 Å². The van der Waals surface area contributed by atoms with Crippen LogP contribution in [0.2, 0.25) is 0 Å². The summed E-state index contributed by atoms with van der Waals surface area (Å²) in [4.78, 5) is 14.3. The molecule has 0 unspecified atom stereocenters. The van der Waals surface area contributed by atoms with E-state index in [-0.39, 0.29) is 60.2 Å². The van der Waals surface area contributed by atoms with Gasteiger partial charge in [-0.15, -0.1) is 0 Å². The van der Waals surface area contributed by atoms with Gasteiger partial charge in [0.2, 0.25) is 0 Å². The second kappa shape index (κ2) is 16.7. The van der Waals surface area contributed by atoms with Gasteiger partial charge in [0.25, 0.3) is 0 Å². The highest BCUT2D eigenvalue weighted by atomic mass is 16.3. The molecule has 12 radical (unpaired) electrons. The van der Waals surface area contributed by atoms with E-state index >= 15 is 0 Å². The number of fused-ring (bicyclic) bond motifs is 6. The highest BCUT2D eigenvalue weighted by Crippen LogP contribution is 2.47. The highest BCUT2D eigenvalue weighted by molar-refractivity contribution is 6.52. The van der Waals surface area contributed by atoms with Crippen molar-refractivity contribution in [2.24, 2.45) is 15.0 Å². The number of aromatic nitrogens is 1. The molecule has 10 rings (SSSR count). The van der Waals surface area contributed by atoms with Gasteiger partial charge in [-0.05, 0) is 75.7 Å². The van der Waals surface area contributed by atoms with Gasteiger partial charge in [-0.2, -0.15) is 0 Å². The number of benzene rings is 8. The standard InChI is InChI=1S/C52H30B6N4O5/c1-59-52(61-51(27-11-6-3-7-12-27)60-24-25-9-4-2-5-10-25)31-13-8-14-36-37(31)32-21-28(17-20-35(32)67-36)26-15-18-30(19-16-26)62-45-39(40-46(62)43(57)50(66)44(58)48(40)64)47(63)41(49(65)42(45)56)38-33(54)22-29(53)23-34(38)55/h2-23,63-66H,1,24H2. The fourth-order valence-electron chi connectivity index (χ4n) is 8.83. The third-order valence-electron chi connectivity index (χ3n) is 12.0. The Kier molecular flexibility index (Phi) is 10.7. The molecule has 0 aliphatic carbocycles. The number of amidine groups is 2. The number of phenols is 4. The Morgan fingerprint density at radius 3 is 1.85 bits per heavy atom. The van der Waals surface area contributed by atoms with Gasteiger partial charge < -0.3 is 29.4 Å². The molecule has 0 atom stereocenters. The Bertz CT molecular complexity index is 3720. The molecule has 15 heteroatoms. The minimum Gasteiger partial charge on any atom is -0.509 e. The molecule has 0 spiro atoms. The summed E-state index contributed by atoms with van der Waals surface area (Å²) >= 11 is 0. The summed E-state index contributed by atoms with van der Waals surface area (Å²) in [6.45, 7) is 4.32. The Balaban J connectivity index is 1.11. The summed E-state index contributed by atoms with van der Waals surface area (Å²) in [7, 11) is 38.1. The van der Waals surface area contributed by atoms with E-state index in [1.54, 1.807) is 12.1 Å². The maximum Gasteiger partial charge on any atom is 0.161 e. The van der Waals surface area contributed by atoms with Crippen molar-refractivity contribution in [1.29, 1.82) is 0 Å². The number of nitrogens with zero attached hydrogens (tertiary/aromatic N) is 4. The predicted molar refractivity (Wildman–Crippen MR) is 277 cm³/mol. The number of hydrogen-bond donors (Lipinski definition) is 4. The lowest BCUT2D eigenvalue weighted by atomic mass is 9.72.